The van der Waals surface area contributed by atoms with Gasteiger partial charge in [-0.2, -0.15) is 0 Å². The molecular weight excluding hydrogens is 220 g/mol. The van der Waals surface area contributed by atoms with Crippen LogP contribution >= 0.6 is 0 Å². The molecule has 17 heavy (non-hydrogen) atoms. The molecule has 1 rings (SSSR count). The van der Waals surface area contributed by atoms with Gasteiger partial charge in [0.05, 0.1) is 12.0 Å². The number of hydrogen-bond donors (Lipinski definition) is 0. The van der Waals surface area contributed by atoms with Crippen molar-refractivity contribution in [3.05, 3.63) is 0 Å². The van der Waals surface area contributed by atoms with Crippen LogP contribution in [-0.2, 0) is 19.1 Å². The van der Waals surface area contributed by atoms with E-state index in [9.17, 15) is 9.59 Å². The molecule has 102 valence electrons. The van der Waals surface area contributed by atoms with Crippen LogP contribution in [0.5, 0.6) is 0 Å². The van der Waals surface area contributed by atoms with E-state index in [1.165, 1.54) is 0 Å². The Hall–Kier alpha value is -1.06. The Kier molecular flexibility index (Phi) is 6.50. The van der Waals surface area contributed by atoms with Crippen molar-refractivity contribution in [1.29, 1.82) is 0 Å². The molecule has 0 N–H and O–H groups in total. The lowest BCUT2D eigenvalue weighted by Gasteiger charge is -2.27. The Labute approximate surface area is 105 Å². The third kappa shape index (κ3) is 3.72. The molecule has 0 aromatic rings. The molecule has 1 aliphatic heterocycles. The van der Waals surface area contributed by atoms with Gasteiger partial charge < -0.3 is 9.47 Å². The summed E-state index contributed by atoms with van der Waals surface area (Å²) in [5.74, 6) is -0.783. The second-order valence-corrected chi connectivity index (χ2v) is 4.74. The summed E-state index contributed by atoms with van der Waals surface area (Å²) in [4.78, 5) is 23.1. The highest BCUT2D eigenvalue weighted by molar-refractivity contribution is 5.86. The lowest BCUT2D eigenvalue weighted by molar-refractivity contribution is -0.177. The van der Waals surface area contributed by atoms with Crippen LogP contribution in [0.2, 0.25) is 0 Å². The highest BCUT2D eigenvalue weighted by atomic mass is 16.6. The van der Waals surface area contributed by atoms with Gasteiger partial charge in [-0.05, 0) is 27.2 Å². The Morgan fingerprint density at radius 2 is 2.00 bits per heavy atom. The Morgan fingerprint density at radius 3 is 2.35 bits per heavy atom. The van der Waals surface area contributed by atoms with Gasteiger partial charge in [0.1, 0.15) is 0 Å². The third-order valence-corrected chi connectivity index (χ3v) is 3.00. The maximum Gasteiger partial charge on any atom is 0.350 e. The standard InChI is InChI=1S/C11H18O4.2CH4/c1-5-10(2,3)8(12)15-11(4)6-7-14-9(11)13;;/h5-7H2,1-4H3;2*1H4. The third-order valence-electron chi connectivity index (χ3n) is 3.00. The molecule has 0 radical (unpaired) electrons. The van der Waals surface area contributed by atoms with Crippen molar-refractivity contribution >= 4 is 11.9 Å². The van der Waals surface area contributed by atoms with Crippen molar-refractivity contribution < 1.29 is 19.1 Å². The smallest absolute Gasteiger partial charge is 0.350 e. The van der Waals surface area contributed by atoms with E-state index < -0.39 is 17.0 Å². The van der Waals surface area contributed by atoms with Crippen LogP contribution in [0.15, 0.2) is 0 Å². The second-order valence-electron chi connectivity index (χ2n) is 4.74. The molecule has 0 saturated carbocycles. The Balaban J connectivity index is 0. The molecular formula is C13H26O4. The largest absolute Gasteiger partial charge is 0.463 e. The summed E-state index contributed by atoms with van der Waals surface area (Å²) in [6, 6.07) is 0. The fraction of sp³-hybridized carbons (Fsp3) is 0.846. The molecule has 1 unspecified atom stereocenters. The first kappa shape index (κ1) is 18.3. The van der Waals surface area contributed by atoms with E-state index in [0.29, 0.717) is 19.4 Å². The molecule has 1 atom stereocenters. The van der Waals surface area contributed by atoms with E-state index in [1.807, 2.05) is 6.92 Å². The SMILES string of the molecule is C.C.CCC(C)(C)C(=O)OC1(C)CCOC1=O. The zero-order valence-electron chi connectivity index (χ0n) is 9.75. The van der Waals surface area contributed by atoms with Crippen LogP contribution < -0.4 is 0 Å². The summed E-state index contributed by atoms with van der Waals surface area (Å²) in [7, 11) is 0. The summed E-state index contributed by atoms with van der Waals surface area (Å²) in [6.07, 6.45) is 1.12. The van der Waals surface area contributed by atoms with Crippen LogP contribution in [0.1, 0.15) is 55.4 Å². The number of rotatable bonds is 3. The number of carbonyl (C=O) groups excluding carboxylic acids is 2. The summed E-state index contributed by atoms with van der Waals surface area (Å²) in [6.45, 7) is 7.45. The summed E-state index contributed by atoms with van der Waals surface area (Å²) in [5.41, 5.74) is -1.63. The van der Waals surface area contributed by atoms with Gasteiger partial charge in [-0.3, -0.25) is 4.79 Å². The van der Waals surface area contributed by atoms with Gasteiger partial charge in [0.15, 0.2) is 0 Å². The predicted octanol–water partition coefficient (Wildman–Crippen LogP) is 2.94. The Bertz CT molecular complexity index is 283. The molecule has 0 aliphatic carbocycles. The first-order chi connectivity index (χ1) is 6.82. The molecule has 4 nitrogen and oxygen atoms in total. The molecule has 1 saturated heterocycles. The van der Waals surface area contributed by atoms with Gasteiger partial charge in [-0.15, -0.1) is 0 Å². The van der Waals surface area contributed by atoms with E-state index in [-0.39, 0.29) is 20.8 Å². The van der Waals surface area contributed by atoms with Crippen molar-refractivity contribution in [3.8, 4) is 0 Å². The van der Waals surface area contributed by atoms with E-state index in [1.54, 1.807) is 20.8 Å². The highest BCUT2D eigenvalue weighted by Crippen LogP contribution is 2.29. The summed E-state index contributed by atoms with van der Waals surface area (Å²) >= 11 is 0. The minimum atomic E-state index is -1.08. The van der Waals surface area contributed by atoms with Gasteiger partial charge in [-0.25, -0.2) is 4.79 Å². The van der Waals surface area contributed by atoms with Crippen LogP contribution in [-0.4, -0.2) is 24.1 Å². The average molecular weight is 246 g/mol. The fourth-order valence-electron chi connectivity index (χ4n) is 1.17. The van der Waals surface area contributed by atoms with Gasteiger partial charge in [0, 0.05) is 6.42 Å². The minimum Gasteiger partial charge on any atom is -0.463 e. The van der Waals surface area contributed by atoms with Crippen LogP contribution in [0, 0.1) is 5.41 Å². The number of hydrogen-bond acceptors (Lipinski definition) is 4. The number of cyclic esters (lactones) is 1. The number of ether oxygens (including phenoxy) is 2. The zero-order chi connectivity index (χ0) is 11.7. The minimum absolute atomic E-state index is 0. The average Bonchev–Trinajstić information content (AvgIpc) is 2.47. The number of carbonyl (C=O) groups is 2. The molecule has 0 amide bonds. The van der Waals surface area contributed by atoms with Gasteiger partial charge in [-0.1, -0.05) is 21.8 Å². The van der Waals surface area contributed by atoms with E-state index >= 15 is 0 Å². The van der Waals surface area contributed by atoms with Gasteiger partial charge in [0.2, 0.25) is 5.60 Å². The van der Waals surface area contributed by atoms with Crippen molar-refractivity contribution in [1.82, 2.24) is 0 Å². The highest BCUT2D eigenvalue weighted by Gasteiger charge is 2.45. The summed E-state index contributed by atoms with van der Waals surface area (Å²) < 4.78 is 10.1. The zero-order valence-corrected chi connectivity index (χ0v) is 9.75. The molecule has 4 heteroatoms. The molecule has 0 spiro atoms. The van der Waals surface area contributed by atoms with Crippen molar-refractivity contribution in [2.75, 3.05) is 6.61 Å². The quantitative estimate of drug-likeness (QED) is 0.718. The van der Waals surface area contributed by atoms with Crippen LogP contribution in [0.4, 0.5) is 0 Å². The maximum absolute atomic E-state index is 11.8. The molecule has 1 aliphatic rings. The van der Waals surface area contributed by atoms with Crippen molar-refractivity contribution in [2.24, 2.45) is 5.41 Å². The van der Waals surface area contributed by atoms with Crippen LogP contribution in [0.25, 0.3) is 0 Å². The molecule has 1 fully saturated rings. The molecule has 0 aromatic heterocycles. The van der Waals surface area contributed by atoms with Crippen LogP contribution in [0.3, 0.4) is 0 Å². The topological polar surface area (TPSA) is 52.6 Å². The predicted molar refractivity (Wildman–Crippen MR) is 67.6 cm³/mol. The molecule has 0 aromatic carbocycles. The van der Waals surface area contributed by atoms with E-state index in [0.717, 1.165) is 0 Å². The van der Waals surface area contributed by atoms with Crippen molar-refractivity contribution in [2.45, 2.75) is 61.0 Å². The van der Waals surface area contributed by atoms with Gasteiger partial charge in [0.25, 0.3) is 0 Å². The first-order valence-electron chi connectivity index (χ1n) is 5.22. The molecule has 0 bridgehead atoms. The lowest BCUT2D eigenvalue weighted by atomic mass is 9.90. The fourth-order valence-corrected chi connectivity index (χ4v) is 1.17. The Morgan fingerprint density at radius 1 is 1.47 bits per heavy atom. The summed E-state index contributed by atoms with van der Waals surface area (Å²) in [5, 5.41) is 0. The van der Waals surface area contributed by atoms with E-state index in [2.05, 4.69) is 0 Å². The lowest BCUT2D eigenvalue weighted by Crippen LogP contribution is -2.40. The normalized spacial score (nSPS) is 23.2. The van der Waals surface area contributed by atoms with E-state index in [4.69, 9.17) is 9.47 Å². The molecule has 1 heterocycles. The van der Waals surface area contributed by atoms with Crippen molar-refractivity contribution in [3.63, 3.8) is 0 Å². The van der Waals surface area contributed by atoms with Gasteiger partial charge >= 0.3 is 11.9 Å². The monoisotopic (exact) mass is 246 g/mol. The maximum atomic E-state index is 11.8. The number of esters is 2. The second kappa shape index (κ2) is 6.03. The first-order valence-corrected chi connectivity index (χ1v) is 5.22.